The molecule has 1 heterocycles. The van der Waals surface area contributed by atoms with Gasteiger partial charge in [-0.1, -0.05) is 12.1 Å². The third-order valence-electron chi connectivity index (χ3n) is 3.85. The highest BCUT2D eigenvalue weighted by atomic mass is 19.1. The zero-order valence-electron chi connectivity index (χ0n) is 12.7. The number of anilines is 1. The Morgan fingerprint density at radius 2 is 2.24 bits per heavy atom. The van der Waals surface area contributed by atoms with E-state index in [-0.39, 0.29) is 17.8 Å². The summed E-state index contributed by atoms with van der Waals surface area (Å²) in [7, 11) is 0. The molecule has 21 heavy (non-hydrogen) atoms. The van der Waals surface area contributed by atoms with Crippen LogP contribution in [0.3, 0.4) is 0 Å². The summed E-state index contributed by atoms with van der Waals surface area (Å²) < 4.78 is 13.6. The van der Waals surface area contributed by atoms with Crippen molar-refractivity contribution in [3.63, 3.8) is 0 Å². The Labute approximate surface area is 125 Å². The standard InChI is InChI=1S/C16H24FN3O/c1-12(2)20(11-13-6-5-9-18-10-13)16(21)19-15-8-4-3-7-14(15)17/h3-4,7-8,12-13,18H,5-6,9-11H2,1-2H3,(H,19,21). The summed E-state index contributed by atoms with van der Waals surface area (Å²) in [6.45, 7) is 6.66. The second-order valence-corrected chi connectivity index (χ2v) is 5.87. The number of halogens is 1. The Morgan fingerprint density at radius 1 is 1.48 bits per heavy atom. The van der Waals surface area contributed by atoms with Gasteiger partial charge in [0.1, 0.15) is 5.82 Å². The van der Waals surface area contributed by atoms with Crippen LogP contribution in [0.4, 0.5) is 14.9 Å². The van der Waals surface area contributed by atoms with Crippen LogP contribution in [-0.2, 0) is 0 Å². The van der Waals surface area contributed by atoms with Crippen molar-refractivity contribution in [2.24, 2.45) is 5.92 Å². The van der Waals surface area contributed by atoms with Gasteiger partial charge in [0.25, 0.3) is 0 Å². The van der Waals surface area contributed by atoms with Crippen molar-refractivity contribution in [3.8, 4) is 0 Å². The van der Waals surface area contributed by atoms with Crippen LogP contribution in [0.5, 0.6) is 0 Å². The van der Waals surface area contributed by atoms with Crippen molar-refractivity contribution in [2.75, 3.05) is 25.0 Å². The van der Waals surface area contributed by atoms with Gasteiger partial charge in [-0.05, 0) is 57.8 Å². The number of para-hydroxylation sites is 1. The molecule has 2 amide bonds. The molecule has 116 valence electrons. The minimum absolute atomic E-state index is 0.0821. The van der Waals surface area contributed by atoms with E-state index in [2.05, 4.69) is 10.6 Å². The molecule has 0 spiro atoms. The molecule has 0 bridgehead atoms. The first-order valence-electron chi connectivity index (χ1n) is 7.61. The second kappa shape index (κ2) is 7.41. The third-order valence-corrected chi connectivity index (χ3v) is 3.85. The van der Waals surface area contributed by atoms with Gasteiger partial charge < -0.3 is 15.5 Å². The number of hydrogen-bond donors (Lipinski definition) is 2. The van der Waals surface area contributed by atoms with E-state index in [9.17, 15) is 9.18 Å². The number of urea groups is 1. The van der Waals surface area contributed by atoms with Gasteiger partial charge in [0.05, 0.1) is 5.69 Å². The number of amides is 2. The number of piperidine rings is 1. The average molecular weight is 293 g/mol. The lowest BCUT2D eigenvalue weighted by Crippen LogP contribution is -2.46. The smallest absolute Gasteiger partial charge is 0.322 e. The molecule has 1 aliphatic heterocycles. The molecule has 1 fully saturated rings. The van der Waals surface area contributed by atoms with E-state index in [0.717, 1.165) is 25.9 Å². The molecular weight excluding hydrogens is 269 g/mol. The summed E-state index contributed by atoms with van der Waals surface area (Å²) >= 11 is 0. The van der Waals surface area contributed by atoms with E-state index in [0.29, 0.717) is 12.5 Å². The fourth-order valence-electron chi connectivity index (χ4n) is 2.64. The summed E-state index contributed by atoms with van der Waals surface area (Å²) in [5.74, 6) is 0.0569. The molecule has 1 unspecified atom stereocenters. The summed E-state index contributed by atoms with van der Waals surface area (Å²) in [5.41, 5.74) is 0.231. The molecule has 1 atom stereocenters. The van der Waals surface area contributed by atoms with Gasteiger partial charge in [-0.2, -0.15) is 0 Å². The number of nitrogens with one attached hydrogen (secondary N) is 2. The van der Waals surface area contributed by atoms with Crippen LogP contribution in [0, 0.1) is 11.7 Å². The first-order chi connectivity index (χ1) is 10.1. The van der Waals surface area contributed by atoms with Crippen molar-refractivity contribution in [1.82, 2.24) is 10.2 Å². The van der Waals surface area contributed by atoms with Crippen molar-refractivity contribution < 1.29 is 9.18 Å². The first-order valence-corrected chi connectivity index (χ1v) is 7.61. The largest absolute Gasteiger partial charge is 0.322 e. The highest BCUT2D eigenvalue weighted by Gasteiger charge is 2.23. The van der Waals surface area contributed by atoms with Crippen LogP contribution >= 0.6 is 0 Å². The van der Waals surface area contributed by atoms with E-state index in [1.165, 1.54) is 6.07 Å². The van der Waals surface area contributed by atoms with Crippen LogP contribution in [0.15, 0.2) is 24.3 Å². The molecule has 0 aromatic heterocycles. The van der Waals surface area contributed by atoms with Crippen LogP contribution in [0.2, 0.25) is 0 Å². The van der Waals surface area contributed by atoms with Crippen molar-refractivity contribution >= 4 is 11.7 Å². The van der Waals surface area contributed by atoms with E-state index in [1.54, 1.807) is 23.1 Å². The monoisotopic (exact) mass is 293 g/mol. The maximum atomic E-state index is 13.6. The van der Waals surface area contributed by atoms with E-state index < -0.39 is 5.82 Å². The Hall–Kier alpha value is -1.62. The van der Waals surface area contributed by atoms with E-state index >= 15 is 0 Å². The topological polar surface area (TPSA) is 44.4 Å². The SMILES string of the molecule is CC(C)N(CC1CCCNC1)C(=O)Nc1ccccc1F. The highest BCUT2D eigenvalue weighted by Crippen LogP contribution is 2.17. The zero-order chi connectivity index (χ0) is 15.2. The lowest BCUT2D eigenvalue weighted by Gasteiger charge is -2.33. The Kier molecular flexibility index (Phi) is 5.56. The minimum atomic E-state index is -0.408. The number of benzene rings is 1. The minimum Gasteiger partial charge on any atom is -0.322 e. The van der Waals surface area contributed by atoms with Crippen LogP contribution < -0.4 is 10.6 Å². The molecule has 2 rings (SSSR count). The van der Waals surface area contributed by atoms with Gasteiger partial charge in [0.2, 0.25) is 0 Å². The fraction of sp³-hybridized carbons (Fsp3) is 0.562. The molecular formula is C16H24FN3O. The Bertz CT molecular complexity index is 472. The quantitative estimate of drug-likeness (QED) is 0.896. The summed E-state index contributed by atoms with van der Waals surface area (Å²) in [6.07, 6.45) is 2.27. The van der Waals surface area contributed by atoms with Gasteiger partial charge in [0, 0.05) is 12.6 Å². The number of carbonyl (C=O) groups is 1. The highest BCUT2D eigenvalue weighted by molar-refractivity contribution is 5.89. The molecule has 1 aromatic rings. The fourth-order valence-corrected chi connectivity index (χ4v) is 2.64. The van der Waals surface area contributed by atoms with Crippen molar-refractivity contribution in [3.05, 3.63) is 30.1 Å². The molecule has 5 heteroatoms. The number of carbonyl (C=O) groups excluding carboxylic acids is 1. The molecule has 1 aliphatic rings. The van der Waals surface area contributed by atoms with Crippen molar-refractivity contribution in [2.45, 2.75) is 32.7 Å². The number of nitrogens with zero attached hydrogens (tertiary/aromatic N) is 1. The lowest BCUT2D eigenvalue weighted by atomic mass is 9.99. The molecule has 0 saturated carbocycles. The van der Waals surface area contributed by atoms with Crippen LogP contribution in [-0.4, -0.2) is 36.6 Å². The van der Waals surface area contributed by atoms with Gasteiger partial charge in [0.15, 0.2) is 0 Å². The maximum absolute atomic E-state index is 13.6. The lowest BCUT2D eigenvalue weighted by molar-refractivity contribution is 0.176. The molecule has 1 aromatic carbocycles. The second-order valence-electron chi connectivity index (χ2n) is 5.87. The van der Waals surface area contributed by atoms with Crippen LogP contribution in [0.1, 0.15) is 26.7 Å². The zero-order valence-corrected chi connectivity index (χ0v) is 12.7. The molecule has 4 nitrogen and oxygen atoms in total. The van der Waals surface area contributed by atoms with Gasteiger partial charge in [-0.3, -0.25) is 0 Å². The number of hydrogen-bond acceptors (Lipinski definition) is 2. The maximum Gasteiger partial charge on any atom is 0.322 e. The molecule has 2 N–H and O–H groups in total. The molecule has 1 saturated heterocycles. The Morgan fingerprint density at radius 3 is 2.86 bits per heavy atom. The average Bonchev–Trinajstić information content (AvgIpc) is 2.48. The normalized spacial score (nSPS) is 18.6. The van der Waals surface area contributed by atoms with Gasteiger partial charge in [-0.15, -0.1) is 0 Å². The summed E-state index contributed by atoms with van der Waals surface area (Å²) in [5, 5.41) is 6.03. The molecule has 0 aliphatic carbocycles. The number of rotatable bonds is 4. The first kappa shape index (κ1) is 15.8. The predicted molar refractivity (Wildman–Crippen MR) is 82.9 cm³/mol. The Balaban J connectivity index is 2.00. The van der Waals surface area contributed by atoms with Gasteiger partial charge in [-0.25, -0.2) is 9.18 Å². The summed E-state index contributed by atoms with van der Waals surface area (Å²) in [4.78, 5) is 14.2. The molecule has 0 radical (unpaired) electrons. The van der Waals surface area contributed by atoms with E-state index in [4.69, 9.17) is 0 Å². The van der Waals surface area contributed by atoms with Crippen molar-refractivity contribution in [1.29, 1.82) is 0 Å². The van der Waals surface area contributed by atoms with Crippen LogP contribution in [0.25, 0.3) is 0 Å². The van der Waals surface area contributed by atoms with Gasteiger partial charge >= 0.3 is 6.03 Å². The summed E-state index contributed by atoms with van der Waals surface area (Å²) in [6, 6.07) is 6.09. The third kappa shape index (κ3) is 4.43. The predicted octanol–water partition coefficient (Wildman–Crippen LogP) is 3.07. The van der Waals surface area contributed by atoms with E-state index in [1.807, 2.05) is 13.8 Å².